The maximum Gasteiger partial charge on any atom is 0.407 e. The van der Waals surface area contributed by atoms with Gasteiger partial charge in [0.15, 0.2) is 0 Å². The lowest BCUT2D eigenvalue weighted by Gasteiger charge is -2.17. The van der Waals surface area contributed by atoms with Crippen LogP contribution in [0.5, 0.6) is 0 Å². The molecule has 1 unspecified atom stereocenters. The minimum absolute atomic E-state index is 0.246. The van der Waals surface area contributed by atoms with Gasteiger partial charge in [-0.15, -0.1) is 0 Å². The van der Waals surface area contributed by atoms with Crippen molar-refractivity contribution in [2.24, 2.45) is 5.73 Å². The molecule has 6 heteroatoms. The molecule has 0 fully saturated rings. The Kier molecular flexibility index (Phi) is 3.16. The van der Waals surface area contributed by atoms with Gasteiger partial charge in [-0.2, -0.15) is 13.2 Å². The van der Waals surface area contributed by atoms with Crippen LogP contribution in [0, 0.1) is 5.82 Å². The molecular weight excluding hydrogens is 266 g/mol. The lowest BCUT2D eigenvalue weighted by Crippen LogP contribution is -2.28. The molecule has 0 aromatic heterocycles. The number of benzene rings is 1. The van der Waals surface area contributed by atoms with Gasteiger partial charge in [-0.25, -0.2) is 4.39 Å². The summed E-state index contributed by atoms with van der Waals surface area (Å²) in [6.07, 6.45) is -4.57. The zero-order valence-electron chi connectivity index (χ0n) is 6.78. The predicted octanol–water partition coefficient (Wildman–Crippen LogP) is 3.15. The smallest absolute Gasteiger partial charge is 0.316 e. The summed E-state index contributed by atoms with van der Waals surface area (Å²) in [4.78, 5) is 0. The molecule has 1 atom stereocenters. The largest absolute Gasteiger partial charge is 0.407 e. The molecule has 0 spiro atoms. The SMILES string of the molecule is NC(c1cccc(F)c1Br)C(F)(F)F. The molecule has 1 aromatic rings. The molecule has 1 rings (SSSR count). The lowest BCUT2D eigenvalue weighted by molar-refractivity contribution is -0.149. The predicted molar refractivity (Wildman–Crippen MR) is 47.1 cm³/mol. The Morgan fingerprint density at radius 2 is 1.86 bits per heavy atom. The zero-order valence-corrected chi connectivity index (χ0v) is 8.36. The van der Waals surface area contributed by atoms with Gasteiger partial charge in [-0.3, -0.25) is 0 Å². The molecule has 14 heavy (non-hydrogen) atoms. The van der Waals surface area contributed by atoms with Gasteiger partial charge in [0, 0.05) is 0 Å². The van der Waals surface area contributed by atoms with E-state index in [2.05, 4.69) is 15.9 Å². The summed E-state index contributed by atoms with van der Waals surface area (Å²) < 4.78 is 49.1. The highest BCUT2D eigenvalue weighted by Crippen LogP contribution is 2.35. The Bertz CT molecular complexity index is 337. The van der Waals surface area contributed by atoms with Crippen LogP contribution < -0.4 is 5.73 Å². The van der Waals surface area contributed by atoms with Crippen LogP contribution in [-0.2, 0) is 0 Å². The van der Waals surface area contributed by atoms with Crippen LogP contribution in [-0.4, -0.2) is 6.18 Å². The Morgan fingerprint density at radius 1 is 1.29 bits per heavy atom. The molecule has 0 aliphatic rings. The fraction of sp³-hybridized carbons (Fsp3) is 0.250. The van der Waals surface area contributed by atoms with E-state index in [1.54, 1.807) is 0 Å². The zero-order chi connectivity index (χ0) is 10.9. The average molecular weight is 272 g/mol. The van der Waals surface area contributed by atoms with E-state index in [0.717, 1.165) is 12.1 Å². The van der Waals surface area contributed by atoms with Gasteiger partial charge in [-0.05, 0) is 27.6 Å². The van der Waals surface area contributed by atoms with Crippen LogP contribution in [0.25, 0.3) is 0 Å². The molecular formula is C8H6BrF4N. The van der Waals surface area contributed by atoms with Gasteiger partial charge in [0.2, 0.25) is 0 Å². The summed E-state index contributed by atoms with van der Waals surface area (Å²) in [5.74, 6) is -0.762. The van der Waals surface area contributed by atoms with Crippen molar-refractivity contribution < 1.29 is 17.6 Å². The second-order valence-corrected chi connectivity index (χ2v) is 3.46. The quantitative estimate of drug-likeness (QED) is 0.781. The van der Waals surface area contributed by atoms with Crippen molar-refractivity contribution in [2.45, 2.75) is 12.2 Å². The molecule has 1 aromatic carbocycles. The number of rotatable bonds is 1. The van der Waals surface area contributed by atoms with Crippen LogP contribution in [0.15, 0.2) is 22.7 Å². The van der Waals surface area contributed by atoms with Crippen LogP contribution in [0.3, 0.4) is 0 Å². The number of alkyl halides is 3. The fourth-order valence-electron chi connectivity index (χ4n) is 0.937. The maximum atomic E-state index is 12.9. The van der Waals surface area contributed by atoms with Gasteiger partial charge in [0.25, 0.3) is 0 Å². The van der Waals surface area contributed by atoms with E-state index in [0.29, 0.717) is 0 Å². The van der Waals surface area contributed by atoms with E-state index in [1.165, 1.54) is 6.07 Å². The lowest BCUT2D eigenvalue weighted by atomic mass is 10.1. The van der Waals surface area contributed by atoms with E-state index < -0.39 is 18.0 Å². The molecule has 0 saturated carbocycles. The Morgan fingerprint density at radius 3 is 2.36 bits per heavy atom. The van der Waals surface area contributed by atoms with Crippen molar-refractivity contribution in [3.8, 4) is 0 Å². The first-order valence-corrected chi connectivity index (χ1v) is 4.39. The summed E-state index contributed by atoms with van der Waals surface area (Å²) in [7, 11) is 0. The summed E-state index contributed by atoms with van der Waals surface area (Å²) in [5.41, 5.74) is 4.61. The summed E-state index contributed by atoms with van der Waals surface area (Å²) in [6, 6.07) is 1.19. The third-order valence-electron chi connectivity index (χ3n) is 1.67. The highest BCUT2D eigenvalue weighted by atomic mass is 79.9. The number of hydrogen-bond acceptors (Lipinski definition) is 1. The molecule has 0 aliphatic heterocycles. The van der Waals surface area contributed by atoms with Gasteiger partial charge >= 0.3 is 6.18 Å². The highest BCUT2D eigenvalue weighted by Gasteiger charge is 2.39. The average Bonchev–Trinajstić information content (AvgIpc) is 2.07. The first-order chi connectivity index (χ1) is 6.34. The first kappa shape index (κ1) is 11.5. The van der Waals surface area contributed by atoms with Crippen molar-refractivity contribution in [1.29, 1.82) is 0 Å². The monoisotopic (exact) mass is 271 g/mol. The number of nitrogens with two attached hydrogens (primary N) is 1. The van der Waals surface area contributed by atoms with Crippen LogP contribution >= 0.6 is 15.9 Å². The van der Waals surface area contributed by atoms with E-state index in [9.17, 15) is 17.6 Å². The highest BCUT2D eigenvalue weighted by molar-refractivity contribution is 9.10. The van der Waals surface area contributed by atoms with Crippen molar-refractivity contribution in [2.75, 3.05) is 0 Å². The van der Waals surface area contributed by atoms with E-state index in [-0.39, 0.29) is 10.0 Å². The summed E-state index contributed by atoms with van der Waals surface area (Å²) >= 11 is 2.72. The summed E-state index contributed by atoms with van der Waals surface area (Å²) in [6.45, 7) is 0. The Labute approximate surface area is 86.0 Å². The molecule has 0 heterocycles. The molecule has 0 radical (unpaired) electrons. The third-order valence-corrected chi connectivity index (χ3v) is 2.51. The molecule has 1 nitrogen and oxygen atoms in total. The Hall–Kier alpha value is -0.620. The molecule has 78 valence electrons. The minimum Gasteiger partial charge on any atom is -0.316 e. The summed E-state index contributed by atoms with van der Waals surface area (Å²) in [5, 5.41) is 0. The molecule has 2 N–H and O–H groups in total. The van der Waals surface area contributed by atoms with E-state index >= 15 is 0 Å². The first-order valence-electron chi connectivity index (χ1n) is 3.60. The van der Waals surface area contributed by atoms with Gasteiger partial charge in [-0.1, -0.05) is 12.1 Å². The van der Waals surface area contributed by atoms with Gasteiger partial charge in [0.05, 0.1) is 4.47 Å². The van der Waals surface area contributed by atoms with Crippen LogP contribution in [0.2, 0.25) is 0 Å². The number of halogens is 5. The maximum absolute atomic E-state index is 12.9. The van der Waals surface area contributed by atoms with Gasteiger partial charge in [0.1, 0.15) is 11.9 Å². The molecule has 0 saturated heterocycles. The standard InChI is InChI=1S/C8H6BrF4N/c9-6-4(2-1-3-5(6)10)7(14)8(11,12)13/h1-3,7H,14H2. The normalized spacial score (nSPS) is 14.1. The molecule has 0 amide bonds. The second-order valence-electron chi connectivity index (χ2n) is 2.66. The van der Waals surface area contributed by atoms with Crippen molar-refractivity contribution >= 4 is 15.9 Å². The number of hydrogen-bond donors (Lipinski definition) is 1. The van der Waals surface area contributed by atoms with Crippen LogP contribution in [0.4, 0.5) is 17.6 Å². The van der Waals surface area contributed by atoms with Crippen molar-refractivity contribution in [3.63, 3.8) is 0 Å². The fourth-order valence-corrected chi connectivity index (χ4v) is 1.45. The topological polar surface area (TPSA) is 26.0 Å². The van der Waals surface area contributed by atoms with Gasteiger partial charge < -0.3 is 5.73 Å². The van der Waals surface area contributed by atoms with Crippen LogP contribution in [0.1, 0.15) is 11.6 Å². The van der Waals surface area contributed by atoms with Crippen molar-refractivity contribution in [3.05, 3.63) is 34.1 Å². The van der Waals surface area contributed by atoms with E-state index in [1.807, 2.05) is 0 Å². The van der Waals surface area contributed by atoms with E-state index in [4.69, 9.17) is 5.73 Å². The second kappa shape index (κ2) is 3.86. The third kappa shape index (κ3) is 2.24. The molecule has 0 bridgehead atoms. The van der Waals surface area contributed by atoms with Crippen molar-refractivity contribution in [1.82, 2.24) is 0 Å². The Balaban J connectivity index is 3.14. The molecule has 0 aliphatic carbocycles. The minimum atomic E-state index is -4.57.